The van der Waals surface area contributed by atoms with E-state index in [1.807, 2.05) is 6.07 Å². The Kier molecular flexibility index (Phi) is 3.64. The van der Waals surface area contributed by atoms with Crippen LogP contribution in [0.1, 0.15) is 27.3 Å². The van der Waals surface area contributed by atoms with Crippen LogP contribution in [0.25, 0.3) is 5.57 Å². The molecule has 1 aromatic heterocycles. The molecule has 0 radical (unpaired) electrons. The van der Waals surface area contributed by atoms with Crippen molar-refractivity contribution in [2.45, 2.75) is 13.8 Å². The standard InChI is InChI=1S/C10H11N3O2S/c1-5(12)7(4-11)9-13-6(2)8(16-9)10(14)15-3/h12H2,1-3H3/b7-5+. The van der Waals surface area contributed by atoms with E-state index in [0.717, 1.165) is 11.3 Å². The average molecular weight is 237 g/mol. The van der Waals surface area contributed by atoms with E-state index in [9.17, 15) is 4.79 Å². The molecule has 1 aromatic rings. The van der Waals surface area contributed by atoms with Crippen LogP contribution in [0.15, 0.2) is 5.70 Å². The van der Waals surface area contributed by atoms with Gasteiger partial charge in [0.2, 0.25) is 0 Å². The number of allylic oxidation sites excluding steroid dienone is 2. The largest absolute Gasteiger partial charge is 0.465 e. The second kappa shape index (κ2) is 4.77. The molecule has 0 aromatic carbocycles. The van der Waals surface area contributed by atoms with Gasteiger partial charge in [0.25, 0.3) is 0 Å². The van der Waals surface area contributed by atoms with Crippen LogP contribution in [0.2, 0.25) is 0 Å². The third-order valence-corrected chi connectivity index (χ3v) is 3.04. The van der Waals surface area contributed by atoms with Crippen molar-refractivity contribution in [2.75, 3.05) is 7.11 Å². The summed E-state index contributed by atoms with van der Waals surface area (Å²) < 4.78 is 4.61. The average Bonchev–Trinajstić information content (AvgIpc) is 2.59. The minimum atomic E-state index is -0.451. The Bertz CT molecular complexity index is 493. The van der Waals surface area contributed by atoms with Crippen molar-refractivity contribution in [1.29, 1.82) is 5.26 Å². The fourth-order valence-corrected chi connectivity index (χ4v) is 2.13. The molecule has 0 amide bonds. The number of thiazole rings is 1. The van der Waals surface area contributed by atoms with Crippen LogP contribution in [0.3, 0.4) is 0 Å². The Labute approximate surface area is 97.2 Å². The predicted molar refractivity (Wildman–Crippen MR) is 60.6 cm³/mol. The number of esters is 1. The number of carbonyl (C=O) groups is 1. The lowest BCUT2D eigenvalue weighted by molar-refractivity contribution is 0.0605. The first-order chi connectivity index (χ1) is 7.51. The summed E-state index contributed by atoms with van der Waals surface area (Å²) in [6.45, 7) is 3.31. The van der Waals surface area contributed by atoms with E-state index in [4.69, 9.17) is 11.0 Å². The maximum Gasteiger partial charge on any atom is 0.349 e. The number of nitrogens with zero attached hydrogens (tertiary/aromatic N) is 2. The summed E-state index contributed by atoms with van der Waals surface area (Å²) in [6, 6.07) is 1.97. The molecule has 0 unspecified atom stereocenters. The van der Waals surface area contributed by atoms with Crippen LogP contribution in [0.5, 0.6) is 0 Å². The number of nitrogens with two attached hydrogens (primary N) is 1. The van der Waals surface area contributed by atoms with Crippen LogP contribution >= 0.6 is 11.3 Å². The number of hydrogen-bond acceptors (Lipinski definition) is 6. The van der Waals surface area contributed by atoms with Crippen molar-refractivity contribution in [1.82, 2.24) is 4.98 Å². The molecule has 0 bridgehead atoms. The molecule has 0 saturated heterocycles. The molecule has 5 nitrogen and oxygen atoms in total. The topological polar surface area (TPSA) is 89.0 Å². The van der Waals surface area contributed by atoms with Gasteiger partial charge in [0.1, 0.15) is 21.5 Å². The Balaban J connectivity index is 3.27. The summed E-state index contributed by atoms with van der Waals surface area (Å²) in [5.41, 5.74) is 6.77. The van der Waals surface area contributed by atoms with Gasteiger partial charge in [-0.3, -0.25) is 0 Å². The lowest BCUT2D eigenvalue weighted by atomic mass is 10.2. The molecule has 1 heterocycles. The van der Waals surface area contributed by atoms with Crippen molar-refractivity contribution >= 4 is 22.9 Å². The van der Waals surface area contributed by atoms with Gasteiger partial charge < -0.3 is 10.5 Å². The van der Waals surface area contributed by atoms with Crippen LogP contribution in [-0.2, 0) is 4.74 Å². The maximum atomic E-state index is 11.3. The number of carbonyl (C=O) groups excluding carboxylic acids is 1. The molecule has 0 aliphatic carbocycles. The molecule has 16 heavy (non-hydrogen) atoms. The minimum Gasteiger partial charge on any atom is -0.465 e. The van der Waals surface area contributed by atoms with E-state index in [1.54, 1.807) is 13.8 Å². The van der Waals surface area contributed by atoms with Crippen molar-refractivity contribution in [2.24, 2.45) is 5.73 Å². The van der Waals surface area contributed by atoms with E-state index in [-0.39, 0.29) is 0 Å². The van der Waals surface area contributed by atoms with E-state index in [1.165, 1.54) is 7.11 Å². The first kappa shape index (κ1) is 12.2. The Morgan fingerprint density at radius 1 is 1.62 bits per heavy atom. The zero-order valence-corrected chi connectivity index (χ0v) is 10.0. The van der Waals surface area contributed by atoms with E-state index in [0.29, 0.717) is 26.8 Å². The number of rotatable bonds is 2. The van der Waals surface area contributed by atoms with Crippen LogP contribution in [0, 0.1) is 18.3 Å². The van der Waals surface area contributed by atoms with Gasteiger partial charge in [0.05, 0.1) is 12.8 Å². The number of aromatic nitrogens is 1. The normalized spacial score (nSPS) is 11.6. The SMILES string of the molecule is COC(=O)c1sc(/C(C#N)=C(\C)N)nc1C. The predicted octanol–water partition coefficient (Wildman–Crippen LogP) is 1.45. The van der Waals surface area contributed by atoms with Crippen LogP contribution in [0.4, 0.5) is 0 Å². The Morgan fingerprint density at radius 2 is 2.25 bits per heavy atom. The highest BCUT2D eigenvalue weighted by Gasteiger charge is 2.18. The van der Waals surface area contributed by atoms with Crippen molar-refractivity contribution in [3.63, 3.8) is 0 Å². The highest BCUT2D eigenvalue weighted by Crippen LogP contribution is 2.25. The molecule has 0 fully saturated rings. The number of ether oxygens (including phenoxy) is 1. The van der Waals surface area contributed by atoms with E-state index in [2.05, 4.69) is 9.72 Å². The Morgan fingerprint density at radius 3 is 2.69 bits per heavy atom. The quantitative estimate of drug-likeness (QED) is 0.621. The van der Waals surface area contributed by atoms with Crippen LogP contribution < -0.4 is 5.73 Å². The lowest BCUT2D eigenvalue weighted by Crippen LogP contribution is -1.99. The molecule has 84 valence electrons. The zero-order valence-electron chi connectivity index (χ0n) is 9.20. The van der Waals surface area contributed by atoms with Gasteiger partial charge in [-0.15, -0.1) is 11.3 Å². The van der Waals surface area contributed by atoms with E-state index < -0.39 is 5.97 Å². The van der Waals surface area contributed by atoms with Gasteiger partial charge in [-0.2, -0.15) is 5.26 Å². The van der Waals surface area contributed by atoms with Gasteiger partial charge in [-0.1, -0.05) is 0 Å². The summed E-state index contributed by atoms with van der Waals surface area (Å²) in [7, 11) is 1.30. The third kappa shape index (κ3) is 2.20. The first-order valence-electron chi connectivity index (χ1n) is 4.43. The minimum absolute atomic E-state index is 0.295. The lowest BCUT2D eigenvalue weighted by Gasteiger charge is -1.94. The summed E-state index contributed by atoms with van der Waals surface area (Å²) in [6.07, 6.45) is 0. The maximum absolute atomic E-state index is 11.3. The molecule has 0 atom stereocenters. The molecule has 0 aliphatic rings. The summed E-state index contributed by atoms with van der Waals surface area (Å²) in [4.78, 5) is 15.9. The smallest absolute Gasteiger partial charge is 0.349 e. The third-order valence-electron chi connectivity index (χ3n) is 1.89. The molecule has 6 heteroatoms. The second-order valence-corrected chi connectivity index (χ2v) is 4.09. The monoisotopic (exact) mass is 237 g/mol. The number of aryl methyl sites for hydroxylation is 1. The van der Waals surface area contributed by atoms with Crippen molar-refractivity contribution < 1.29 is 9.53 Å². The zero-order chi connectivity index (χ0) is 12.3. The van der Waals surface area contributed by atoms with Gasteiger partial charge in [0.15, 0.2) is 0 Å². The van der Waals surface area contributed by atoms with E-state index >= 15 is 0 Å². The molecule has 0 aliphatic heterocycles. The summed E-state index contributed by atoms with van der Waals surface area (Å²) >= 11 is 1.11. The highest BCUT2D eigenvalue weighted by molar-refractivity contribution is 7.14. The molecular weight excluding hydrogens is 226 g/mol. The fraction of sp³-hybridized carbons (Fsp3) is 0.300. The fourth-order valence-electron chi connectivity index (χ4n) is 1.09. The molecule has 0 spiro atoms. The number of methoxy groups -OCH3 is 1. The van der Waals surface area contributed by atoms with Gasteiger partial charge >= 0.3 is 5.97 Å². The van der Waals surface area contributed by atoms with Gasteiger partial charge in [-0.05, 0) is 13.8 Å². The number of nitriles is 1. The summed E-state index contributed by atoms with van der Waals surface area (Å²) in [5.74, 6) is -0.451. The molecule has 1 rings (SSSR count). The molecule has 2 N–H and O–H groups in total. The Hall–Kier alpha value is -1.87. The highest BCUT2D eigenvalue weighted by atomic mass is 32.1. The second-order valence-electron chi connectivity index (χ2n) is 3.09. The van der Waals surface area contributed by atoms with Crippen LogP contribution in [-0.4, -0.2) is 18.1 Å². The number of hydrogen-bond donors (Lipinski definition) is 1. The van der Waals surface area contributed by atoms with Crippen molar-refractivity contribution in [3.05, 3.63) is 21.3 Å². The summed E-state index contributed by atoms with van der Waals surface area (Å²) in [5, 5.41) is 9.35. The molecular formula is C10H11N3O2S. The molecule has 0 saturated carbocycles. The van der Waals surface area contributed by atoms with Crippen molar-refractivity contribution in [3.8, 4) is 6.07 Å². The van der Waals surface area contributed by atoms with Gasteiger partial charge in [0, 0.05) is 5.70 Å². The van der Waals surface area contributed by atoms with Gasteiger partial charge in [-0.25, -0.2) is 9.78 Å². The first-order valence-corrected chi connectivity index (χ1v) is 5.25.